The summed E-state index contributed by atoms with van der Waals surface area (Å²) in [5, 5.41) is 0. The van der Waals surface area contributed by atoms with Crippen LogP contribution >= 0.6 is 0 Å². The van der Waals surface area contributed by atoms with Gasteiger partial charge < -0.3 is 9.47 Å². The molecule has 0 aromatic carbocycles. The summed E-state index contributed by atoms with van der Waals surface area (Å²) >= 11 is 0. The van der Waals surface area contributed by atoms with E-state index < -0.39 is 17.8 Å². The topological polar surface area (TPSA) is 72.9 Å². The average Bonchev–Trinajstić information content (AvgIpc) is 2.87. The van der Waals surface area contributed by atoms with Crippen LogP contribution in [0.15, 0.2) is 11.6 Å². The van der Waals surface area contributed by atoms with Crippen molar-refractivity contribution in [1.29, 1.82) is 0 Å². The molecule has 3 aliphatic rings. The Hall–Kier alpha value is -1.69. The number of carbonyl (C=O) groups is 3. The summed E-state index contributed by atoms with van der Waals surface area (Å²) in [6.45, 7) is 2.76. The first-order valence-electron chi connectivity index (χ1n) is 5.47. The molecular formula is C11H11NO5. The minimum Gasteiger partial charge on any atom is -0.396 e. The summed E-state index contributed by atoms with van der Waals surface area (Å²) in [7, 11) is 0. The SMILES string of the molecule is CC(=O)/C=C1\C2CCN(C2)C12OC(=O)C(=O)O2. The van der Waals surface area contributed by atoms with E-state index in [4.69, 9.17) is 9.47 Å². The van der Waals surface area contributed by atoms with E-state index in [9.17, 15) is 14.4 Å². The lowest BCUT2D eigenvalue weighted by molar-refractivity contribution is -0.216. The Morgan fingerprint density at radius 3 is 2.65 bits per heavy atom. The Bertz CT molecular complexity index is 450. The standard InChI is InChI=1S/C11H11NO5/c1-6(13)4-8-7-2-3-12(5-7)11(8)16-9(14)10(15)17-11/h4,7H,2-3,5H2,1H3/b8-4+. The largest absolute Gasteiger partial charge is 0.422 e. The lowest BCUT2D eigenvalue weighted by Gasteiger charge is -2.33. The molecule has 0 aromatic rings. The fourth-order valence-electron chi connectivity index (χ4n) is 2.75. The number of ketones is 1. The second-order valence-corrected chi connectivity index (χ2v) is 4.50. The van der Waals surface area contributed by atoms with Gasteiger partial charge in [0.2, 0.25) is 0 Å². The second-order valence-electron chi connectivity index (χ2n) is 4.50. The van der Waals surface area contributed by atoms with Crippen LogP contribution in [0.1, 0.15) is 13.3 Å². The zero-order valence-electron chi connectivity index (χ0n) is 9.26. The van der Waals surface area contributed by atoms with Gasteiger partial charge in [-0.2, -0.15) is 0 Å². The third kappa shape index (κ3) is 1.27. The van der Waals surface area contributed by atoms with E-state index >= 15 is 0 Å². The molecule has 3 rings (SSSR count). The minimum atomic E-state index is -1.43. The van der Waals surface area contributed by atoms with Crippen molar-refractivity contribution >= 4 is 17.7 Å². The lowest BCUT2D eigenvalue weighted by Crippen LogP contribution is -2.47. The van der Waals surface area contributed by atoms with E-state index in [0.29, 0.717) is 18.7 Å². The highest BCUT2D eigenvalue weighted by Crippen LogP contribution is 2.48. The van der Waals surface area contributed by atoms with E-state index in [1.54, 1.807) is 4.90 Å². The van der Waals surface area contributed by atoms with Crippen LogP contribution < -0.4 is 0 Å². The zero-order valence-corrected chi connectivity index (χ0v) is 9.26. The Morgan fingerprint density at radius 1 is 1.41 bits per heavy atom. The smallest absolute Gasteiger partial charge is 0.396 e. The first-order chi connectivity index (χ1) is 8.03. The van der Waals surface area contributed by atoms with E-state index in [1.807, 2.05) is 0 Å². The number of ether oxygens (including phenoxy) is 2. The number of rotatable bonds is 1. The molecule has 6 heteroatoms. The van der Waals surface area contributed by atoms with Crippen LogP contribution in [0, 0.1) is 5.92 Å². The molecule has 0 saturated carbocycles. The maximum Gasteiger partial charge on any atom is 0.422 e. The number of fused-ring (bicyclic) bond motifs is 3. The van der Waals surface area contributed by atoms with E-state index in [-0.39, 0.29) is 11.7 Å². The van der Waals surface area contributed by atoms with E-state index in [1.165, 1.54) is 13.0 Å². The normalized spacial score (nSPS) is 35.5. The van der Waals surface area contributed by atoms with Gasteiger partial charge in [-0.15, -0.1) is 0 Å². The molecule has 3 aliphatic heterocycles. The predicted molar refractivity (Wildman–Crippen MR) is 53.4 cm³/mol. The van der Waals surface area contributed by atoms with Gasteiger partial charge in [0, 0.05) is 24.6 Å². The van der Waals surface area contributed by atoms with Gasteiger partial charge in [0.15, 0.2) is 5.78 Å². The number of esters is 2. The summed E-state index contributed by atoms with van der Waals surface area (Å²) < 4.78 is 10.1. The quantitative estimate of drug-likeness (QED) is 0.351. The Morgan fingerprint density at radius 2 is 2.06 bits per heavy atom. The Kier molecular flexibility index (Phi) is 1.95. The molecular weight excluding hydrogens is 226 g/mol. The molecule has 6 nitrogen and oxygen atoms in total. The molecule has 17 heavy (non-hydrogen) atoms. The number of allylic oxidation sites excluding steroid dienone is 1. The molecule has 3 saturated heterocycles. The third-order valence-electron chi connectivity index (χ3n) is 3.40. The van der Waals surface area contributed by atoms with Crippen LogP contribution in [0.5, 0.6) is 0 Å². The van der Waals surface area contributed by atoms with Gasteiger partial charge in [-0.25, -0.2) is 14.5 Å². The van der Waals surface area contributed by atoms with E-state index in [0.717, 1.165) is 6.42 Å². The maximum absolute atomic E-state index is 11.2. The molecule has 0 N–H and O–H groups in total. The monoisotopic (exact) mass is 237 g/mol. The molecule has 0 radical (unpaired) electrons. The highest BCUT2D eigenvalue weighted by Gasteiger charge is 2.64. The molecule has 2 atom stereocenters. The predicted octanol–water partition coefficient (Wildman–Crippen LogP) is -0.409. The van der Waals surface area contributed by atoms with Gasteiger partial charge in [0.05, 0.1) is 0 Å². The molecule has 1 spiro atoms. The zero-order chi connectivity index (χ0) is 12.2. The van der Waals surface area contributed by atoms with Gasteiger partial charge >= 0.3 is 17.8 Å². The van der Waals surface area contributed by atoms with Crippen molar-refractivity contribution in [3.05, 3.63) is 11.6 Å². The molecule has 0 amide bonds. The van der Waals surface area contributed by atoms with E-state index in [2.05, 4.69) is 0 Å². The fourth-order valence-corrected chi connectivity index (χ4v) is 2.75. The first kappa shape index (κ1) is 10.5. The summed E-state index contributed by atoms with van der Waals surface area (Å²) in [6.07, 6.45) is 2.30. The number of nitrogens with zero attached hydrogens (tertiary/aromatic N) is 1. The highest BCUT2D eigenvalue weighted by atomic mass is 16.8. The maximum atomic E-state index is 11.2. The Balaban J connectivity index is 2.05. The third-order valence-corrected chi connectivity index (χ3v) is 3.40. The Labute approximate surface area is 97.2 Å². The van der Waals surface area contributed by atoms with Gasteiger partial charge in [-0.05, 0) is 19.4 Å². The molecule has 0 aromatic heterocycles. The van der Waals surface area contributed by atoms with Crippen molar-refractivity contribution < 1.29 is 23.9 Å². The van der Waals surface area contributed by atoms with Crippen LogP contribution in [0.2, 0.25) is 0 Å². The number of carbonyl (C=O) groups excluding carboxylic acids is 3. The van der Waals surface area contributed by atoms with Gasteiger partial charge in [0.25, 0.3) is 0 Å². The second kappa shape index (κ2) is 3.16. The number of piperidine rings is 1. The van der Waals surface area contributed by atoms with Crippen molar-refractivity contribution in [2.45, 2.75) is 19.3 Å². The minimum absolute atomic E-state index is 0.123. The lowest BCUT2D eigenvalue weighted by atomic mass is 9.95. The number of hydrogen-bond acceptors (Lipinski definition) is 6. The van der Waals surface area contributed by atoms with Gasteiger partial charge in [0.1, 0.15) is 0 Å². The van der Waals surface area contributed by atoms with Crippen molar-refractivity contribution in [3.63, 3.8) is 0 Å². The highest BCUT2D eigenvalue weighted by molar-refractivity contribution is 6.31. The fraction of sp³-hybridized carbons (Fsp3) is 0.545. The molecule has 3 fully saturated rings. The summed E-state index contributed by atoms with van der Waals surface area (Å²) in [5.41, 5.74) is 0.593. The summed E-state index contributed by atoms with van der Waals surface area (Å²) in [4.78, 5) is 35.4. The van der Waals surface area contributed by atoms with Crippen LogP contribution in [0.25, 0.3) is 0 Å². The van der Waals surface area contributed by atoms with Crippen molar-refractivity contribution in [2.75, 3.05) is 13.1 Å². The number of hydrogen-bond donors (Lipinski definition) is 0. The molecule has 90 valence electrons. The molecule has 3 heterocycles. The first-order valence-corrected chi connectivity index (χ1v) is 5.47. The molecule has 2 unspecified atom stereocenters. The summed E-state index contributed by atoms with van der Waals surface area (Å²) in [6, 6.07) is 0. The van der Waals surface area contributed by atoms with Crippen LogP contribution in [0.3, 0.4) is 0 Å². The van der Waals surface area contributed by atoms with Gasteiger partial charge in [-0.3, -0.25) is 4.79 Å². The van der Waals surface area contributed by atoms with Crippen molar-refractivity contribution in [2.24, 2.45) is 5.92 Å². The summed E-state index contributed by atoms with van der Waals surface area (Å²) in [5.74, 6) is -3.44. The van der Waals surface area contributed by atoms with Crippen molar-refractivity contribution in [1.82, 2.24) is 4.90 Å². The van der Waals surface area contributed by atoms with Crippen molar-refractivity contribution in [3.8, 4) is 0 Å². The average molecular weight is 237 g/mol. The van der Waals surface area contributed by atoms with Crippen LogP contribution in [-0.2, 0) is 23.9 Å². The van der Waals surface area contributed by atoms with Crippen LogP contribution in [0.4, 0.5) is 0 Å². The molecule has 0 aliphatic carbocycles. The van der Waals surface area contributed by atoms with Crippen LogP contribution in [-0.4, -0.2) is 41.6 Å². The van der Waals surface area contributed by atoms with Gasteiger partial charge in [-0.1, -0.05) is 0 Å². The molecule has 2 bridgehead atoms.